The number of hydrogen-bond acceptors (Lipinski definition) is 4. The Bertz CT molecular complexity index is 943. The highest BCUT2D eigenvalue weighted by Gasteiger charge is 2.38. The van der Waals surface area contributed by atoms with Crippen molar-refractivity contribution < 1.29 is 26.8 Å². The first kappa shape index (κ1) is 21.2. The molecule has 2 heterocycles. The van der Waals surface area contributed by atoms with Crippen LogP contribution < -0.4 is 5.32 Å². The minimum Gasteiger partial charge on any atom is -0.353 e. The highest BCUT2D eigenvalue weighted by atomic mass is 32.2. The molecule has 1 saturated carbocycles. The van der Waals surface area contributed by atoms with Gasteiger partial charge < -0.3 is 10.2 Å². The zero-order valence-electron chi connectivity index (χ0n) is 16.5. The van der Waals surface area contributed by atoms with Crippen LogP contribution in [0.2, 0.25) is 0 Å². The number of hydrogen-bond donors (Lipinski definition) is 1. The van der Waals surface area contributed by atoms with E-state index in [4.69, 9.17) is 0 Å². The zero-order valence-corrected chi connectivity index (χ0v) is 17.3. The van der Waals surface area contributed by atoms with Gasteiger partial charge in [0.1, 0.15) is 0 Å². The Hall–Kier alpha value is -2.07. The molecule has 10 heteroatoms. The molecular weight excluding hydrogens is 416 g/mol. The van der Waals surface area contributed by atoms with Gasteiger partial charge in [0.05, 0.1) is 10.8 Å². The van der Waals surface area contributed by atoms with Gasteiger partial charge in [0.2, 0.25) is 21.8 Å². The molecule has 0 radical (unpaired) electrons. The van der Waals surface area contributed by atoms with Crippen molar-refractivity contribution in [1.82, 2.24) is 14.5 Å². The summed E-state index contributed by atoms with van der Waals surface area (Å²) < 4.78 is 53.2. The first-order valence-corrected chi connectivity index (χ1v) is 11.7. The van der Waals surface area contributed by atoms with Crippen LogP contribution in [0.1, 0.15) is 32.1 Å². The monoisotopic (exact) mass is 441 g/mol. The molecule has 2 saturated heterocycles. The molecule has 1 unspecified atom stereocenters. The average Bonchev–Trinajstić information content (AvgIpc) is 3.45. The molecule has 3 fully saturated rings. The van der Waals surface area contributed by atoms with E-state index in [0.717, 1.165) is 25.0 Å². The molecule has 0 aromatic heterocycles. The number of amides is 2. The molecule has 1 atom stereocenters. The van der Waals surface area contributed by atoms with Gasteiger partial charge in [-0.05, 0) is 49.8 Å². The lowest BCUT2D eigenvalue weighted by molar-refractivity contribution is -0.129. The summed E-state index contributed by atoms with van der Waals surface area (Å²) in [6.07, 6.45) is 3.35. The molecule has 1 aromatic rings. The lowest BCUT2D eigenvalue weighted by atomic mass is 9.97. The quantitative estimate of drug-likeness (QED) is 0.725. The van der Waals surface area contributed by atoms with Crippen molar-refractivity contribution in [1.29, 1.82) is 0 Å². The summed E-state index contributed by atoms with van der Waals surface area (Å²) in [6, 6.07) is 2.84. The lowest BCUT2D eigenvalue weighted by Crippen LogP contribution is -2.42. The Labute approximate surface area is 174 Å². The van der Waals surface area contributed by atoms with Crippen molar-refractivity contribution in [2.45, 2.75) is 43.0 Å². The molecule has 4 rings (SSSR count). The SMILES string of the molecule is O=C(NC1CC1)C1CC(=O)N(CC2CCN(S(=O)(=O)c3ccc(F)c(F)c3)CC2)C1. The van der Waals surface area contributed by atoms with E-state index in [1.807, 2.05) is 0 Å². The van der Waals surface area contributed by atoms with Crippen LogP contribution in [-0.2, 0) is 19.6 Å². The van der Waals surface area contributed by atoms with Crippen LogP contribution in [0.4, 0.5) is 8.78 Å². The van der Waals surface area contributed by atoms with Crippen LogP contribution in [0.5, 0.6) is 0 Å². The zero-order chi connectivity index (χ0) is 21.5. The number of sulfonamides is 1. The van der Waals surface area contributed by atoms with Crippen molar-refractivity contribution >= 4 is 21.8 Å². The Kier molecular flexibility index (Phi) is 5.80. The molecule has 0 spiro atoms. The number of nitrogens with zero attached hydrogens (tertiary/aromatic N) is 2. The van der Waals surface area contributed by atoms with E-state index in [1.54, 1.807) is 4.90 Å². The van der Waals surface area contributed by atoms with E-state index in [1.165, 1.54) is 4.31 Å². The average molecular weight is 442 g/mol. The Morgan fingerprint density at radius 2 is 1.80 bits per heavy atom. The number of rotatable bonds is 6. The summed E-state index contributed by atoms with van der Waals surface area (Å²) in [4.78, 5) is 25.9. The highest BCUT2D eigenvalue weighted by Crippen LogP contribution is 2.28. The third-order valence-electron chi connectivity index (χ3n) is 6.09. The molecule has 1 aliphatic carbocycles. The summed E-state index contributed by atoms with van der Waals surface area (Å²) in [5.41, 5.74) is 0. The Balaban J connectivity index is 1.30. The van der Waals surface area contributed by atoms with Crippen LogP contribution >= 0.6 is 0 Å². The van der Waals surface area contributed by atoms with Crippen LogP contribution in [0.15, 0.2) is 23.1 Å². The second-order valence-electron chi connectivity index (χ2n) is 8.41. The van der Waals surface area contributed by atoms with Crippen molar-refractivity contribution in [2.75, 3.05) is 26.2 Å². The second kappa shape index (κ2) is 8.22. The van der Waals surface area contributed by atoms with E-state index in [-0.39, 0.29) is 54.1 Å². The van der Waals surface area contributed by atoms with E-state index < -0.39 is 21.7 Å². The van der Waals surface area contributed by atoms with E-state index in [2.05, 4.69) is 5.32 Å². The second-order valence-corrected chi connectivity index (χ2v) is 10.3. The topological polar surface area (TPSA) is 86.8 Å². The molecule has 2 amide bonds. The number of nitrogens with one attached hydrogen (secondary N) is 1. The normalized spacial score (nSPS) is 23.7. The predicted molar refractivity (Wildman–Crippen MR) is 104 cm³/mol. The van der Waals surface area contributed by atoms with Gasteiger partial charge in [0.25, 0.3) is 0 Å². The van der Waals surface area contributed by atoms with Gasteiger partial charge in [0.15, 0.2) is 11.6 Å². The summed E-state index contributed by atoms with van der Waals surface area (Å²) in [7, 11) is -3.90. The maximum absolute atomic E-state index is 13.4. The predicted octanol–water partition coefficient (Wildman–Crippen LogP) is 1.49. The molecule has 2 aliphatic heterocycles. The Morgan fingerprint density at radius 1 is 1.10 bits per heavy atom. The van der Waals surface area contributed by atoms with Gasteiger partial charge in [-0.3, -0.25) is 9.59 Å². The van der Waals surface area contributed by atoms with Gasteiger partial charge in [-0.15, -0.1) is 0 Å². The van der Waals surface area contributed by atoms with Gasteiger partial charge in [0, 0.05) is 38.6 Å². The van der Waals surface area contributed by atoms with Gasteiger partial charge >= 0.3 is 0 Å². The number of likely N-dealkylation sites (tertiary alicyclic amines) is 1. The third kappa shape index (κ3) is 4.49. The van der Waals surface area contributed by atoms with Crippen LogP contribution in [0.25, 0.3) is 0 Å². The smallest absolute Gasteiger partial charge is 0.243 e. The largest absolute Gasteiger partial charge is 0.353 e. The summed E-state index contributed by atoms with van der Waals surface area (Å²) >= 11 is 0. The minimum atomic E-state index is -3.90. The van der Waals surface area contributed by atoms with Gasteiger partial charge in [-0.2, -0.15) is 4.31 Å². The minimum absolute atomic E-state index is 0.0391. The molecule has 1 aromatic carbocycles. The van der Waals surface area contributed by atoms with Crippen molar-refractivity contribution in [3.05, 3.63) is 29.8 Å². The molecule has 164 valence electrons. The molecule has 3 aliphatic rings. The first-order chi connectivity index (χ1) is 14.2. The fourth-order valence-corrected chi connectivity index (χ4v) is 5.58. The number of carbonyl (C=O) groups excluding carboxylic acids is 2. The van der Waals surface area contributed by atoms with Crippen molar-refractivity contribution in [3.63, 3.8) is 0 Å². The number of carbonyl (C=O) groups is 2. The summed E-state index contributed by atoms with van der Waals surface area (Å²) in [5.74, 6) is -2.56. The summed E-state index contributed by atoms with van der Waals surface area (Å²) in [5, 5.41) is 2.94. The maximum Gasteiger partial charge on any atom is 0.243 e. The van der Waals surface area contributed by atoms with Crippen LogP contribution in [0.3, 0.4) is 0 Å². The molecule has 0 bridgehead atoms. The fraction of sp³-hybridized carbons (Fsp3) is 0.600. The molecule has 7 nitrogen and oxygen atoms in total. The number of piperidine rings is 1. The Morgan fingerprint density at radius 3 is 2.43 bits per heavy atom. The fourth-order valence-electron chi connectivity index (χ4n) is 4.10. The van der Waals surface area contributed by atoms with E-state index >= 15 is 0 Å². The van der Waals surface area contributed by atoms with Crippen LogP contribution in [-0.4, -0.2) is 61.7 Å². The van der Waals surface area contributed by atoms with Gasteiger partial charge in [-0.25, -0.2) is 17.2 Å². The maximum atomic E-state index is 13.4. The van der Waals surface area contributed by atoms with Crippen LogP contribution in [0, 0.1) is 23.5 Å². The summed E-state index contributed by atoms with van der Waals surface area (Å²) in [6.45, 7) is 1.41. The van der Waals surface area contributed by atoms with Gasteiger partial charge in [-0.1, -0.05) is 0 Å². The molecular formula is C20H25F2N3O4S. The lowest BCUT2D eigenvalue weighted by Gasteiger charge is -2.33. The molecule has 1 N–H and O–H groups in total. The number of benzene rings is 1. The van der Waals surface area contributed by atoms with Crippen molar-refractivity contribution in [2.24, 2.45) is 11.8 Å². The van der Waals surface area contributed by atoms with Crippen molar-refractivity contribution in [3.8, 4) is 0 Å². The van der Waals surface area contributed by atoms with E-state index in [0.29, 0.717) is 32.0 Å². The highest BCUT2D eigenvalue weighted by molar-refractivity contribution is 7.89. The standard InChI is InChI=1S/C20H25F2N3O4S/c21-17-4-3-16(10-18(17)22)30(28,29)25-7-5-13(6-8-25)11-24-12-14(9-19(24)26)20(27)23-15-1-2-15/h3-4,10,13-15H,1-2,5-9,11-12H2,(H,23,27). The van der Waals surface area contributed by atoms with E-state index in [9.17, 15) is 26.8 Å². The first-order valence-electron chi connectivity index (χ1n) is 10.3. The third-order valence-corrected chi connectivity index (χ3v) is 7.98. The molecule has 30 heavy (non-hydrogen) atoms. The number of halogens is 2.